The van der Waals surface area contributed by atoms with Gasteiger partial charge >= 0.3 is 6.03 Å². The molecule has 17 nitrogen and oxygen atoms in total. The van der Waals surface area contributed by atoms with E-state index in [0.717, 1.165) is 83.5 Å². The van der Waals surface area contributed by atoms with Crippen LogP contribution in [0, 0.1) is 13.8 Å². The van der Waals surface area contributed by atoms with Gasteiger partial charge in [0.1, 0.15) is 11.0 Å². The van der Waals surface area contributed by atoms with Gasteiger partial charge < -0.3 is 20.9 Å². The highest BCUT2D eigenvalue weighted by Gasteiger charge is 2.40. The average Bonchev–Trinajstić information content (AvgIpc) is 3.90. The molecule has 0 spiro atoms. The molecule has 63 heavy (non-hydrogen) atoms. The minimum absolute atomic E-state index is 0. The molecule has 2 saturated heterocycles. The maximum absolute atomic E-state index is 13.5. The van der Waals surface area contributed by atoms with Crippen LogP contribution in [0.5, 0.6) is 0 Å². The van der Waals surface area contributed by atoms with Gasteiger partial charge in [0.05, 0.1) is 39.8 Å². The Bertz CT molecular complexity index is 2950. The summed E-state index contributed by atoms with van der Waals surface area (Å²) in [5.74, 6) is 2.51. The van der Waals surface area contributed by atoms with E-state index in [0.29, 0.717) is 40.0 Å². The number of aromatic nitrogens is 10. The number of urea groups is 1. The maximum atomic E-state index is 13.5. The van der Waals surface area contributed by atoms with Crippen molar-refractivity contribution in [2.24, 2.45) is 0 Å². The first-order valence-corrected chi connectivity index (χ1v) is 20.5. The normalized spacial score (nSPS) is 16.4. The molecule has 2 atom stereocenters. The predicted octanol–water partition coefficient (Wildman–Crippen LogP) is 7.12. The van der Waals surface area contributed by atoms with Crippen LogP contribution in [0.3, 0.4) is 0 Å². The molecule has 4 aliphatic heterocycles. The van der Waals surface area contributed by atoms with Gasteiger partial charge in [-0.2, -0.15) is 0 Å². The van der Waals surface area contributed by atoms with Gasteiger partial charge in [0, 0.05) is 104 Å². The smallest absolute Gasteiger partial charge is 0.329 e. The number of anilines is 6. The Labute approximate surface area is 364 Å². The molecule has 4 N–H and O–H groups in total. The Hall–Kier alpha value is -7.95. The summed E-state index contributed by atoms with van der Waals surface area (Å²) in [6.45, 7) is 7.90. The minimum Gasteiger partial charge on any atom is -0.382 e. The van der Waals surface area contributed by atoms with Gasteiger partial charge in [-0.1, -0.05) is 7.43 Å². The summed E-state index contributed by atoms with van der Waals surface area (Å²) < 4.78 is 0. The summed E-state index contributed by atoms with van der Waals surface area (Å²) in [5.41, 5.74) is 16.3. The number of pyridine rings is 6. The van der Waals surface area contributed by atoms with Crippen LogP contribution >= 0.6 is 0 Å². The first kappa shape index (κ1) is 40.5. The molecule has 12 rings (SSSR count). The Morgan fingerprint density at radius 1 is 0.651 bits per heavy atom. The zero-order valence-electron chi connectivity index (χ0n) is 34.1. The minimum atomic E-state index is -0.265. The third-order valence-corrected chi connectivity index (χ3v) is 11.3. The van der Waals surface area contributed by atoms with Crippen LogP contribution in [0.15, 0.2) is 110 Å². The lowest BCUT2D eigenvalue weighted by Crippen LogP contribution is -2.48. The van der Waals surface area contributed by atoms with Gasteiger partial charge in [-0.05, 0) is 87.4 Å². The van der Waals surface area contributed by atoms with Gasteiger partial charge in [0.2, 0.25) is 0 Å². The van der Waals surface area contributed by atoms with Crippen molar-refractivity contribution in [2.45, 2.75) is 46.2 Å². The summed E-state index contributed by atoms with van der Waals surface area (Å²) in [6.07, 6.45) is 15.4. The summed E-state index contributed by atoms with van der Waals surface area (Å²) in [6, 6.07) is 20.3. The number of carbonyl (C=O) groups is 1. The van der Waals surface area contributed by atoms with Crippen molar-refractivity contribution in [2.75, 3.05) is 57.2 Å². The molecule has 12 heterocycles. The number of hydrogen-bond donors (Lipinski definition) is 3. The average molecular weight is 839 g/mol. The van der Waals surface area contributed by atoms with Crippen molar-refractivity contribution >= 4 is 62.7 Å². The van der Waals surface area contributed by atoms with Gasteiger partial charge in [-0.15, -0.1) is 0 Å². The van der Waals surface area contributed by atoms with Crippen molar-refractivity contribution in [3.8, 4) is 22.5 Å². The van der Waals surface area contributed by atoms with Crippen LogP contribution in [0.2, 0.25) is 0 Å². The summed E-state index contributed by atoms with van der Waals surface area (Å²) in [7, 11) is 0. The molecule has 0 unspecified atom stereocenters. The number of nitrogens with two attached hydrogens (primary N) is 1. The van der Waals surface area contributed by atoms with E-state index >= 15 is 0 Å². The Kier molecular flexibility index (Phi) is 11.0. The van der Waals surface area contributed by atoms with E-state index in [1.165, 1.54) is 12.1 Å². The standard InChI is InChI=1S/C23H20N8O.C15H16N4.C7H6N4.CH4/c1-14-12-15(4-7-24-14)17-2-3-19-22(28-17)31(16-6-11-30(19)13-16)23(32)29-21-20-18(5-8-27-21)25-9-10-26-20;1-10-8-11(4-6-16-10)13-2-3-14-15(18-13)17-12-5-7-19(14)9-12;8-7-6-5(1-2-11-7)9-3-4-10-6;/h2-5,7-10,12,16H,6,11,13H2,1H3,(H,27,29,32);2-4,6,8,12H,5,7,9H2,1H3,(H,17,18);1-4H,(H2,8,11);1H4/t16-;12-;;/m00../s1. The van der Waals surface area contributed by atoms with Crippen LogP contribution in [0.1, 0.15) is 31.7 Å². The van der Waals surface area contributed by atoms with E-state index in [1.807, 2.05) is 44.3 Å². The Morgan fingerprint density at radius 2 is 1.25 bits per heavy atom. The highest BCUT2D eigenvalue weighted by molar-refractivity contribution is 6.07. The van der Waals surface area contributed by atoms with Crippen molar-refractivity contribution in [1.82, 2.24) is 49.8 Å². The number of nitrogens with zero attached hydrogens (tertiary/aromatic N) is 13. The third-order valence-electron chi connectivity index (χ3n) is 11.3. The molecule has 2 fully saturated rings. The van der Waals surface area contributed by atoms with Crippen LogP contribution in [0.25, 0.3) is 44.6 Å². The first-order chi connectivity index (χ1) is 30.3. The van der Waals surface area contributed by atoms with Crippen LogP contribution in [0.4, 0.5) is 39.4 Å². The molecule has 0 aromatic carbocycles. The number of carbonyl (C=O) groups excluding carboxylic acids is 1. The largest absolute Gasteiger partial charge is 0.382 e. The van der Waals surface area contributed by atoms with Crippen LogP contribution in [-0.4, -0.2) is 94.1 Å². The number of rotatable bonds is 3. The highest BCUT2D eigenvalue weighted by Crippen LogP contribution is 2.41. The van der Waals surface area contributed by atoms with E-state index in [-0.39, 0.29) is 19.5 Å². The van der Waals surface area contributed by atoms with E-state index < -0.39 is 0 Å². The zero-order chi connectivity index (χ0) is 42.2. The van der Waals surface area contributed by atoms with E-state index in [2.05, 4.69) is 84.6 Å². The number of fused-ring (bicyclic) bond motifs is 10. The molecule has 8 aromatic rings. The third kappa shape index (κ3) is 8.15. The summed E-state index contributed by atoms with van der Waals surface area (Å²) in [5, 5.41) is 6.50. The second-order valence-corrected chi connectivity index (χ2v) is 15.4. The lowest BCUT2D eigenvalue weighted by molar-refractivity contribution is 0.254. The number of aryl methyl sites for hydroxylation is 2. The van der Waals surface area contributed by atoms with E-state index in [9.17, 15) is 4.79 Å². The fraction of sp³-hybridized carbons (Fsp3) is 0.239. The fourth-order valence-electron chi connectivity index (χ4n) is 8.37. The molecular weight excluding hydrogens is 793 g/mol. The second kappa shape index (κ2) is 17.2. The van der Waals surface area contributed by atoms with Crippen molar-refractivity contribution in [3.63, 3.8) is 0 Å². The van der Waals surface area contributed by atoms with E-state index in [1.54, 1.807) is 60.4 Å². The zero-order valence-corrected chi connectivity index (χ0v) is 34.1. The summed E-state index contributed by atoms with van der Waals surface area (Å²) in [4.78, 5) is 63.2. The highest BCUT2D eigenvalue weighted by atomic mass is 16.2. The topological polar surface area (TPSA) is 206 Å². The van der Waals surface area contributed by atoms with Gasteiger partial charge in [-0.3, -0.25) is 30.2 Å². The number of hydrogen-bond acceptors (Lipinski definition) is 15. The SMILES string of the molecule is C.Cc1cc(-c2ccc3c(n2)N(C(=O)Nc2nccc4nccnc24)[C@H]2CCN3C2)ccn1.Cc1cc(-c2ccc3c(n2)N[C@H]2CCN3C2)ccn1.Nc1nccc2nccnc12. The molecule has 0 aliphatic carbocycles. The quantitative estimate of drug-likeness (QED) is 0.162. The molecule has 2 amide bonds. The molecular formula is C46H46N16O. The van der Waals surface area contributed by atoms with Crippen LogP contribution < -0.4 is 31.1 Å². The Balaban J connectivity index is 0.000000137. The van der Waals surface area contributed by atoms with Crippen LogP contribution in [-0.2, 0) is 0 Å². The first-order valence-electron chi connectivity index (χ1n) is 20.5. The monoisotopic (exact) mass is 838 g/mol. The van der Waals surface area contributed by atoms with Gasteiger partial charge in [0.25, 0.3) is 0 Å². The second-order valence-electron chi connectivity index (χ2n) is 15.4. The molecule has 316 valence electrons. The fourth-order valence-corrected chi connectivity index (χ4v) is 8.37. The lowest BCUT2D eigenvalue weighted by Gasteiger charge is -2.35. The number of amides is 2. The van der Waals surface area contributed by atoms with Gasteiger partial charge in [-0.25, -0.2) is 34.7 Å². The lowest BCUT2D eigenvalue weighted by atomic mass is 10.1. The van der Waals surface area contributed by atoms with E-state index in [4.69, 9.17) is 15.7 Å². The van der Waals surface area contributed by atoms with Gasteiger partial charge in [0.15, 0.2) is 23.3 Å². The number of nitrogens with one attached hydrogen (secondary N) is 2. The molecule has 0 saturated carbocycles. The molecule has 4 aliphatic rings. The molecule has 8 aromatic heterocycles. The molecule has 4 bridgehead atoms. The summed E-state index contributed by atoms with van der Waals surface area (Å²) >= 11 is 0. The molecule has 17 heteroatoms. The predicted molar refractivity (Wildman–Crippen MR) is 247 cm³/mol. The Morgan fingerprint density at radius 3 is 1.97 bits per heavy atom. The van der Waals surface area contributed by atoms with Crippen molar-refractivity contribution in [1.29, 1.82) is 0 Å². The maximum Gasteiger partial charge on any atom is 0.329 e. The van der Waals surface area contributed by atoms with Crippen molar-refractivity contribution in [3.05, 3.63) is 122 Å². The van der Waals surface area contributed by atoms with Crippen molar-refractivity contribution < 1.29 is 4.79 Å². The number of nitrogen functional groups attached to an aromatic ring is 1. The molecule has 0 radical (unpaired) electrons.